The van der Waals surface area contributed by atoms with Crippen molar-refractivity contribution < 1.29 is 13.2 Å². The zero-order chi connectivity index (χ0) is 15.5. The lowest BCUT2D eigenvalue weighted by Crippen LogP contribution is -2.28. The van der Waals surface area contributed by atoms with Gasteiger partial charge in [0, 0.05) is 29.2 Å². The number of sulfonamides is 1. The van der Waals surface area contributed by atoms with E-state index in [1.54, 1.807) is 0 Å². The summed E-state index contributed by atoms with van der Waals surface area (Å²) in [5.41, 5.74) is 6.10. The van der Waals surface area contributed by atoms with Gasteiger partial charge in [-0.1, -0.05) is 0 Å². The van der Waals surface area contributed by atoms with Gasteiger partial charge >= 0.3 is 0 Å². The molecule has 4 N–H and O–H groups in total. The number of carbonyl (C=O) groups is 1. The van der Waals surface area contributed by atoms with Gasteiger partial charge in [-0.25, -0.2) is 13.1 Å². The van der Waals surface area contributed by atoms with E-state index in [9.17, 15) is 13.2 Å². The summed E-state index contributed by atoms with van der Waals surface area (Å²) in [6, 6.07) is 4.77. The fourth-order valence-electron chi connectivity index (χ4n) is 1.74. The zero-order valence-corrected chi connectivity index (χ0v) is 13.8. The van der Waals surface area contributed by atoms with Crippen molar-refractivity contribution >= 4 is 37.5 Å². The maximum absolute atomic E-state index is 12.1. The van der Waals surface area contributed by atoms with Crippen molar-refractivity contribution in [3.05, 3.63) is 22.7 Å². The van der Waals surface area contributed by atoms with Gasteiger partial charge in [-0.2, -0.15) is 0 Å². The Hall–Kier alpha value is -1.12. The van der Waals surface area contributed by atoms with Crippen LogP contribution in [0.1, 0.15) is 25.7 Å². The predicted octanol–water partition coefficient (Wildman–Crippen LogP) is 1.37. The zero-order valence-electron chi connectivity index (χ0n) is 11.4. The molecule has 0 unspecified atom stereocenters. The minimum absolute atomic E-state index is 0.0214. The van der Waals surface area contributed by atoms with Crippen LogP contribution < -0.4 is 15.8 Å². The van der Waals surface area contributed by atoms with Crippen LogP contribution in [0, 0.1) is 0 Å². The molecule has 1 aromatic carbocycles. The number of amides is 1. The first-order valence-corrected chi connectivity index (χ1v) is 9.00. The summed E-state index contributed by atoms with van der Waals surface area (Å²) in [6.07, 6.45) is 2.88. The van der Waals surface area contributed by atoms with Crippen LogP contribution in [0.15, 0.2) is 27.6 Å². The fourth-order valence-corrected chi connectivity index (χ4v) is 3.37. The van der Waals surface area contributed by atoms with Crippen LogP contribution in [-0.4, -0.2) is 26.9 Å². The van der Waals surface area contributed by atoms with Crippen LogP contribution in [-0.2, 0) is 14.8 Å². The Morgan fingerprint density at radius 2 is 2.10 bits per heavy atom. The summed E-state index contributed by atoms with van der Waals surface area (Å²) < 4.78 is 27.1. The number of rotatable bonds is 7. The summed E-state index contributed by atoms with van der Waals surface area (Å²) >= 11 is 3.20. The average molecular weight is 376 g/mol. The quantitative estimate of drug-likeness (QED) is 0.494. The Labute approximate surface area is 132 Å². The molecule has 2 rings (SSSR count). The first kappa shape index (κ1) is 16.3. The van der Waals surface area contributed by atoms with Gasteiger partial charge in [0.05, 0.1) is 4.90 Å². The van der Waals surface area contributed by atoms with Crippen LogP contribution in [0.2, 0.25) is 0 Å². The molecule has 0 heterocycles. The fraction of sp³-hybridized carbons (Fsp3) is 0.462. The Morgan fingerprint density at radius 1 is 1.38 bits per heavy atom. The van der Waals surface area contributed by atoms with E-state index in [2.05, 4.69) is 26.0 Å². The number of hydrogen-bond acceptors (Lipinski definition) is 4. The van der Waals surface area contributed by atoms with E-state index in [1.165, 1.54) is 18.2 Å². The molecular formula is C13H18BrN3O3S. The van der Waals surface area contributed by atoms with Crippen LogP contribution in [0.25, 0.3) is 0 Å². The number of anilines is 1. The largest absolute Gasteiger partial charge is 0.398 e. The molecule has 0 atom stereocenters. The number of nitrogen functional groups attached to an aromatic ring is 1. The molecule has 1 aliphatic rings. The molecule has 1 fully saturated rings. The SMILES string of the molecule is Nc1ccc(S(=O)(=O)NCCCC(=O)NC2CC2)cc1Br. The number of benzene rings is 1. The molecule has 1 aliphatic carbocycles. The monoisotopic (exact) mass is 375 g/mol. The number of nitrogens with two attached hydrogens (primary N) is 1. The van der Waals surface area contributed by atoms with E-state index >= 15 is 0 Å². The van der Waals surface area contributed by atoms with E-state index in [0.717, 1.165) is 12.8 Å². The van der Waals surface area contributed by atoms with Crippen LogP contribution >= 0.6 is 15.9 Å². The van der Waals surface area contributed by atoms with E-state index in [-0.39, 0.29) is 17.3 Å². The molecule has 0 aromatic heterocycles. The summed E-state index contributed by atoms with van der Waals surface area (Å²) in [5, 5.41) is 2.86. The van der Waals surface area contributed by atoms with Gasteiger partial charge in [0.2, 0.25) is 15.9 Å². The highest BCUT2D eigenvalue weighted by molar-refractivity contribution is 9.10. The summed E-state index contributed by atoms with van der Waals surface area (Å²) in [7, 11) is -3.58. The van der Waals surface area contributed by atoms with Crippen molar-refractivity contribution in [2.75, 3.05) is 12.3 Å². The standard InChI is InChI=1S/C13H18BrN3O3S/c14-11-8-10(5-6-12(11)15)21(19,20)16-7-1-2-13(18)17-9-3-4-9/h5-6,8-9,16H,1-4,7,15H2,(H,17,18). The molecule has 21 heavy (non-hydrogen) atoms. The molecule has 8 heteroatoms. The first-order chi connectivity index (χ1) is 9.88. The molecule has 116 valence electrons. The summed E-state index contributed by atoms with van der Waals surface area (Å²) in [6.45, 7) is 0.225. The number of hydrogen-bond donors (Lipinski definition) is 3. The van der Waals surface area contributed by atoms with E-state index in [4.69, 9.17) is 5.73 Å². The molecule has 0 radical (unpaired) electrons. The Balaban J connectivity index is 1.80. The van der Waals surface area contributed by atoms with E-state index in [0.29, 0.717) is 29.0 Å². The van der Waals surface area contributed by atoms with Crippen molar-refractivity contribution in [3.63, 3.8) is 0 Å². The van der Waals surface area contributed by atoms with Gasteiger partial charge in [0.1, 0.15) is 0 Å². The van der Waals surface area contributed by atoms with Crippen molar-refractivity contribution in [2.24, 2.45) is 0 Å². The third kappa shape index (κ3) is 4.98. The molecule has 1 saturated carbocycles. The van der Waals surface area contributed by atoms with Crippen LogP contribution in [0.5, 0.6) is 0 Å². The number of nitrogens with one attached hydrogen (secondary N) is 2. The molecule has 0 bridgehead atoms. The lowest BCUT2D eigenvalue weighted by molar-refractivity contribution is -0.121. The van der Waals surface area contributed by atoms with Gasteiger partial charge in [0.15, 0.2) is 0 Å². The smallest absolute Gasteiger partial charge is 0.240 e. The molecule has 6 nitrogen and oxygen atoms in total. The van der Waals surface area contributed by atoms with Crippen molar-refractivity contribution in [1.82, 2.24) is 10.0 Å². The molecule has 1 aromatic rings. The van der Waals surface area contributed by atoms with Crippen LogP contribution in [0.3, 0.4) is 0 Å². The summed E-state index contributed by atoms with van der Waals surface area (Å²) in [4.78, 5) is 11.6. The topological polar surface area (TPSA) is 101 Å². The molecule has 1 amide bonds. The number of carbonyl (C=O) groups excluding carboxylic acids is 1. The Morgan fingerprint density at radius 3 is 2.71 bits per heavy atom. The minimum atomic E-state index is -3.58. The number of halogens is 1. The van der Waals surface area contributed by atoms with Gasteiger partial charge in [0.25, 0.3) is 0 Å². The maximum atomic E-state index is 12.1. The highest BCUT2D eigenvalue weighted by Gasteiger charge is 2.22. The second-order valence-electron chi connectivity index (χ2n) is 5.03. The highest BCUT2D eigenvalue weighted by atomic mass is 79.9. The van der Waals surface area contributed by atoms with Gasteiger partial charge in [-0.3, -0.25) is 4.79 Å². The van der Waals surface area contributed by atoms with Crippen molar-refractivity contribution in [3.8, 4) is 0 Å². The molecule has 0 saturated heterocycles. The predicted molar refractivity (Wildman–Crippen MR) is 84.1 cm³/mol. The Kier molecular flexibility index (Phi) is 5.23. The van der Waals surface area contributed by atoms with Crippen molar-refractivity contribution in [1.29, 1.82) is 0 Å². The lowest BCUT2D eigenvalue weighted by atomic mass is 10.3. The van der Waals surface area contributed by atoms with Crippen LogP contribution in [0.4, 0.5) is 5.69 Å². The molecule has 0 spiro atoms. The third-order valence-electron chi connectivity index (χ3n) is 3.10. The van der Waals surface area contributed by atoms with Crippen molar-refractivity contribution in [2.45, 2.75) is 36.6 Å². The minimum Gasteiger partial charge on any atom is -0.398 e. The van der Waals surface area contributed by atoms with E-state index in [1.807, 2.05) is 0 Å². The average Bonchev–Trinajstić information content (AvgIpc) is 3.22. The third-order valence-corrected chi connectivity index (χ3v) is 5.24. The lowest BCUT2D eigenvalue weighted by Gasteiger charge is -2.08. The van der Waals surface area contributed by atoms with Gasteiger partial charge in [-0.05, 0) is 53.4 Å². The highest BCUT2D eigenvalue weighted by Crippen LogP contribution is 2.23. The normalized spacial score (nSPS) is 14.9. The molecule has 0 aliphatic heterocycles. The molecular weight excluding hydrogens is 358 g/mol. The van der Waals surface area contributed by atoms with Gasteiger partial charge in [-0.15, -0.1) is 0 Å². The second-order valence-corrected chi connectivity index (χ2v) is 7.65. The van der Waals surface area contributed by atoms with E-state index < -0.39 is 10.0 Å². The first-order valence-electron chi connectivity index (χ1n) is 6.72. The maximum Gasteiger partial charge on any atom is 0.240 e. The summed E-state index contributed by atoms with van der Waals surface area (Å²) in [5.74, 6) is -0.0214. The van der Waals surface area contributed by atoms with Gasteiger partial charge < -0.3 is 11.1 Å². The second kappa shape index (κ2) is 6.76. The Bertz CT molecular complexity index is 630.